The summed E-state index contributed by atoms with van der Waals surface area (Å²) in [4.78, 5) is 11.7. The molecule has 0 heterocycles. The van der Waals surface area contributed by atoms with Gasteiger partial charge in [-0.25, -0.2) is 0 Å². The average molecular weight is 237 g/mol. The molecule has 2 unspecified atom stereocenters. The number of rotatable bonds is 6. The Kier molecular flexibility index (Phi) is 5.66. The summed E-state index contributed by atoms with van der Waals surface area (Å²) in [6.07, 6.45) is 0. The summed E-state index contributed by atoms with van der Waals surface area (Å²) >= 11 is 0. The maximum absolute atomic E-state index is 11.7. The Hall–Kier alpha value is -1.39. The molecule has 0 aliphatic heterocycles. The first-order valence-electron chi connectivity index (χ1n) is 5.66. The van der Waals surface area contributed by atoms with Gasteiger partial charge in [0.1, 0.15) is 0 Å². The molecule has 0 fully saturated rings. The van der Waals surface area contributed by atoms with Gasteiger partial charge in [0, 0.05) is 12.6 Å². The van der Waals surface area contributed by atoms with Crippen LogP contribution >= 0.6 is 0 Å². The number of benzene rings is 1. The zero-order chi connectivity index (χ0) is 12.7. The smallest absolute Gasteiger partial charge is 0.314 e. The van der Waals surface area contributed by atoms with E-state index in [0.717, 1.165) is 5.56 Å². The van der Waals surface area contributed by atoms with Gasteiger partial charge < -0.3 is 15.2 Å². The molecule has 1 aromatic carbocycles. The third kappa shape index (κ3) is 4.17. The highest BCUT2D eigenvalue weighted by Gasteiger charge is 2.21. The van der Waals surface area contributed by atoms with Crippen LogP contribution in [0.25, 0.3) is 0 Å². The molecule has 1 rings (SSSR count). The first-order valence-corrected chi connectivity index (χ1v) is 5.66. The van der Waals surface area contributed by atoms with Crippen LogP contribution in [0.2, 0.25) is 0 Å². The van der Waals surface area contributed by atoms with Crippen molar-refractivity contribution in [2.75, 3.05) is 20.3 Å². The van der Waals surface area contributed by atoms with Gasteiger partial charge in [0.15, 0.2) is 0 Å². The minimum absolute atomic E-state index is 0.0362. The van der Waals surface area contributed by atoms with E-state index < -0.39 is 0 Å². The molecular formula is C13H19NO3. The lowest BCUT2D eigenvalue weighted by molar-refractivity contribution is -0.142. The third-order valence-corrected chi connectivity index (χ3v) is 2.63. The number of carbonyl (C=O) groups excluding carboxylic acids is 1. The van der Waals surface area contributed by atoms with E-state index >= 15 is 0 Å². The Morgan fingerprint density at radius 1 is 1.41 bits per heavy atom. The number of carbonyl (C=O) groups is 1. The van der Waals surface area contributed by atoms with Crippen molar-refractivity contribution in [1.29, 1.82) is 0 Å². The molecule has 1 aromatic rings. The fourth-order valence-electron chi connectivity index (χ4n) is 1.55. The molecule has 0 radical (unpaired) electrons. The second-order valence-corrected chi connectivity index (χ2v) is 3.98. The maximum atomic E-state index is 11.7. The van der Waals surface area contributed by atoms with E-state index in [1.54, 1.807) is 0 Å². The van der Waals surface area contributed by atoms with E-state index in [0.29, 0.717) is 6.54 Å². The van der Waals surface area contributed by atoms with Crippen molar-refractivity contribution in [3.8, 4) is 0 Å². The molecule has 4 heteroatoms. The van der Waals surface area contributed by atoms with Gasteiger partial charge in [-0.1, -0.05) is 30.3 Å². The monoisotopic (exact) mass is 237 g/mol. The lowest BCUT2D eigenvalue weighted by atomic mass is 9.99. The molecule has 0 spiro atoms. The zero-order valence-corrected chi connectivity index (χ0v) is 10.2. The van der Waals surface area contributed by atoms with Crippen LogP contribution in [-0.4, -0.2) is 37.4 Å². The fraction of sp³-hybridized carbons (Fsp3) is 0.462. The van der Waals surface area contributed by atoms with Crippen LogP contribution in [0.4, 0.5) is 0 Å². The number of esters is 1. The third-order valence-electron chi connectivity index (χ3n) is 2.63. The molecular weight excluding hydrogens is 218 g/mol. The molecule has 94 valence electrons. The Morgan fingerprint density at radius 3 is 2.59 bits per heavy atom. The molecule has 2 atom stereocenters. The van der Waals surface area contributed by atoms with Gasteiger partial charge in [-0.05, 0) is 12.5 Å². The van der Waals surface area contributed by atoms with Crippen LogP contribution in [-0.2, 0) is 9.53 Å². The predicted molar refractivity (Wildman–Crippen MR) is 65.7 cm³/mol. The quantitative estimate of drug-likeness (QED) is 0.722. The van der Waals surface area contributed by atoms with Gasteiger partial charge in [0.25, 0.3) is 0 Å². The minimum atomic E-state index is -0.338. The average Bonchev–Trinajstić information content (AvgIpc) is 2.39. The second-order valence-electron chi connectivity index (χ2n) is 3.98. The van der Waals surface area contributed by atoms with E-state index in [2.05, 4.69) is 5.32 Å². The molecule has 0 aliphatic rings. The highest BCUT2D eigenvalue weighted by molar-refractivity contribution is 5.78. The predicted octanol–water partition coefficient (Wildman–Crippen LogP) is 0.914. The van der Waals surface area contributed by atoms with Gasteiger partial charge >= 0.3 is 5.97 Å². The molecule has 0 bridgehead atoms. The molecule has 0 saturated carbocycles. The highest BCUT2D eigenvalue weighted by Crippen LogP contribution is 2.16. The van der Waals surface area contributed by atoms with Gasteiger partial charge in [-0.2, -0.15) is 0 Å². The number of methoxy groups -OCH3 is 1. The van der Waals surface area contributed by atoms with Crippen molar-refractivity contribution in [1.82, 2.24) is 5.32 Å². The van der Waals surface area contributed by atoms with Crippen molar-refractivity contribution in [3.05, 3.63) is 35.9 Å². The number of aliphatic hydroxyl groups is 1. The summed E-state index contributed by atoms with van der Waals surface area (Å²) in [6, 6.07) is 9.44. The van der Waals surface area contributed by atoms with E-state index in [4.69, 9.17) is 9.84 Å². The van der Waals surface area contributed by atoms with Crippen LogP contribution < -0.4 is 5.32 Å². The molecule has 0 saturated heterocycles. The van der Waals surface area contributed by atoms with Crippen LogP contribution in [0.3, 0.4) is 0 Å². The Labute approximate surface area is 102 Å². The summed E-state index contributed by atoms with van der Waals surface area (Å²) in [5, 5.41) is 12.0. The fourth-order valence-corrected chi connectivity index (χ4v) is 1.55. The van der Waals surface area contributed by atoms with Crippen molar-refractivity contribution in [2.45, 2.75) is 18.9 Å². The van der Waals surface area contributed by atoms with E-state index in [9.17, 15) is 4.79 Å². The van der Waals surface area contributed by atoms with E-state index in [1.807, 2.05) is 37.3 Å². The van der Waals surface area contributed by atoms with Gasteiger partial charge in [0.05, 0.1) is 19.6 Å². The largest absolute Gasteiger partial charge is 0.469 e. The summed E-state index contributed by atoms with van der Waals surface area (Å²) < 4.78 is 4.79. The van der Waals surface area contributed by atoms with Crippen LogP contribution in [0.1, 0.15) is 18.4 Å². The summed E-state index contributed by atoms with van der Waals surface area (Å²) in [6.45, 7) is 2.36. The standard InChI is InChI=1S/C13H19NO3/c1-10(9-15)14-8-12(13(16)17-2)11-6-4-3-5-7-11/h3-7,10,12,14-15H,8-9H2,1-2H3. The molecule has 0 aromatic heterocycles. The normalized spacial score (nSPS) is 14.1. The van der Waals surface area contributed by atoms with Crippen molar-refractivity contribution in [2.24, 2.45) is 0 Å². The Morgan fingerprint density at radius 2 is 2.06 bits per heavy atom. The van der Waals surface area contributed by atoms with Crippen LogP contribution in [0, 0.1) is 0 Å². The van der Waals surface area contributed by atoms with Gasteiger partial charge in [-0.3, -0.25) is 4.79 Å². The first-order chi connectivity index (χ1) is 8.19. The number of hydrogen-bond acceptors (Lipinski definition) is 4. The van der Waals surface area contributed by atoms with E-state index in [1.165, 1.54) is 7.11 Å². The summed E-state index contributed by atoms with van der Waals surface area (Å²) in [7, 11) is 1.38. The van der Waals surface area contributed by atoms with Gasteiger partial charge in [0.2, 0.25) is 0 Å². The summed E-state index contributed by atoms with van der Waals surface area (Å²) in [5.74, 6) is -0.607. The van der Waals surface area contributed by atoms with E-state index in [-0.39, 0.29) is 24.5 Å². The number of nitrogens with one attached hydrogen (secondary N) is 1. The SMILES string of the molecule is COC(=O)C(CNC(C)CO)c1ccccc1. The van der Waals surface area contributed by atoms with Crippen molar-refractivity contribution < 1.29 is 14.6 Å². The van der Waals surface area contributed by atoms with Crippen molar-refractivity contribution >= 4 is 5.97 Å². The molecule has 2 N–H and O–H groups in total. The topological polar surface area (TPSA) is 58.6 Å². The number of hydrogen-bond donors (Lipinski definition) is 2. The molecule has 17 heavy (non-hydrogen) atoms. The molecule has 0 aliphatic carbocycles. The Balaban J connectivity index is 2.71. The van der Waals surface area contributed by atoms with Crippen LogP contribution in [0.5, 0.6) is 0 Å². The first kappa shape index (κ1) is 13.7. The number of ether oxygens (including phenoxy) is 1. The lowest BCUT2D eigenvalue weighted by Crippen LogP contribution is -2.35. The molecule has 0 amide bonds. The lowest BCUT2D eigenvalue weighted by Gasteiger charge is -2.18. The molecule has 4 nitrogen and oxygen atoms in total. The second kappa shape index (κ2) is 7.04. The Bertz CT molecular complexity index is 340. The maximum Gasteiger partial charge on any atom is 0.314 e. The highest BCUT2D eigenvalue weighted by atomic mass is 16.5. The zero-order valence-electron chi connectivity index (χ0n) is 10.2. The number of aliphatic hydroxyl groups excluding tert-OH is 1. The van der Waals surface area contributed by atoms with Crippen molar-refractivity contribution in [3.63, 3.8) is 0 Å². The summed E-state index contributed by atoms with van der Waals surface area (Å²) in [5.41, 5.74) is 0.914. The minimum Gasteiger partial charge on any atom is -0.469 e. The van der Waals surface area contributed by atoms with Crippen LogP contribution in [0.15, 0.2) is 30.3 Å². The van der Waals surface area contributed by atoms with Gasteiger partial charge in [-0.15, -0.1) is 0 Å².